The summed E-state index contributed by atoms with van der Waals surface area (Å²) in [6, 6.07) is 0. The number of rotatable bonds is 80. The summed E-state index contributed by atoms with van der Waals surface area (Å²) in [6.45, 7) is 4.75. The predicted molar refractivity (Wildman–Crippen MR) is 436 cm³/mol. The fourth-order valence-corrected chi connectivity index (χ4v) is 13.1. The molecule has 0 spiro atoms. The third kappa shape index (κ3) is 78.1. The first-order valence-corrected chi connectivity index (χ1v) is 45.5. The van der Waals surface area contributed by atoms with Gasteiger partial charge in [-0.15, -0.1) is 0 Å². The molecule has 5 atom stereocenters. The van der Waals surface area contributed by atoms with Gasteiger partial charge in [-0.1, -0.05) is 318 Å². The topological polar surface area (TPSA) is 237 Å². The first-order valence-electron chi connectivity index (χ1n) is 42.5. The molecular formula is C87H154O17P2. The quantitative estimate of drug-likeness (QED) is 0.0169. The average Bonchev–Trinajstić information content (AvgIpc) is 0.928. The Bertz CT molecular complexity index is 2380. The van der Waals surface area contributed by atoms with Crippen LogP contribution in [0.2, 0.25) is 0 Å². The molecule has 0 radical (unpaired) electrons. The standard InChI is InChI=1S/C87H154O17P2/c1-5-9-13-17-21-25-29-33-37-39-40-42-46-48-52-56-60-64-68-72-85(90)98-78-83(104-87(92)74-70-66-62-58-54-50-44-36-32-28-24-20-16-12-8-4)80-102-106(95,96)100-76-81(88)75-99-105(93,94)101-79-82(103-86(91)73-69-65-61-57-53-49-43-35-31-27-23-19-15-11-7-3)77-97-84(89)71-67-63-59-55-51-47-45-41-38-34-30-26-22-18-14-10-6-2/h10,14,21-22,25-26,33-35,37-38,40,42-43,45,47,81-83,88H,5-9,11-13,15-20,23-24,27-32,36,39,41,44,46,48-80H2,1-4H3,(H,93,94)(H,95,96)/b14-10-,25-21-,26-22-,37-33-,38-34-,42-40-,43-35-,47-45-. The Labute approximate surface area is 646 Å². The first kappa shape index (κ1) is 102. The van der Waals surface area contributed by atoms with Gasteiger partial charge >= 0.3 is 39.5 Å². The van der Waals surface area contributed by atoms with Crippen LogP contribution in [0.3, 0.4) is 0 Å². The molecule has 0 saturated heterocycles. The molecular weight excluding hydrogens is 1380 g/mol. The zero-order chi connectivity index (χ0) is 77.4. The molecule has 0 aromatic heterocycles. The van der Waals surface area contributed by atoms with Crippen molar-refractivity contribution < 1.29 is 80.2 Å². The number of carbonyl (C=O) groups is 4. The van der Waals surface area contributed by atoms with Gasteiger partial charge in [0.2, 0.25) is 0 Å². The van der Waals surface area contributed by atoms with Crippen LogP contribution in [0, 0.1) is 0 Å². The maximum atomic E-state index is 13.1. The maximum absolute atomic E-state index is 13.1. The van der Waals surface area contributed by atoms with Crippen molar-refractivity contribution in [2.24, 2.45) is 0 Å². The summed E-state index contributed by atoms with van der Waals surface area (Å²) < 4.78 is 68.8. The van der Waals surface area contributed by atoms with Crippen LogP contribution >= 0.6 is 15.6 Å². The molecule has 0 aliphatic rings. The third-order valence-electron chi connectivity index (χ3n) is 18.0. The second kappa shape index (κ2) is 79.1. The highest BCUT2D eigenvalue weighted by Crippen LogP contribution is 2.45. The van der Waals surface area contributed by atoms with E-state index in [4.69, 9.17) is 37.0 Å². The minimum Gasteiger partial charge on any atom is -0.462 e. The van der Waals surface area contributed by atoms with Gasteiger partial charge in [0.1, 0.15) is 19.3 Å². The first-order chi connectivity index (χ1) is 51.7. The van der Waals surface area contributed by atoms with Gasteiger partial charge in [-0.2, -0.15) is 0 Å². The Morgan fingerprint density at radius 3 is 0.783 bits per heavy atom. The number of aliphatic hydroxyl groups is 1. The van der Waals surface area contributed by atoms with Crippen molar-refractivity contribution in [1.29, 1.82) is 0 Å². The van der Waals surface area contributed by atoms with Crippen LogP contribution in [-0.4, -0.2) is 96.7 Å². The van der Waals surface area contributed by atoms with E-state index in [1.54, 1.807) is 0 Å². The molecule has 5 unspecified atom stereocenters. The van der Waals surface area contributed by atoms with Crippen LogP contribution in [-0.2, 0) is 65.4 Å². The van der Waals surface area contributed by atoms with E-state index in [1.807, 2.05) is 0 Å². The summed E-state index contributed by atoms with van der Waals surface area (Å²) in [7, 11) is -9.97. The van der Waals surface area contributed by atoms with E-state index < -0.39 is 97.5 Å². The van der Waals surface area contributed by atoms with E-state index in [0.717, 1.165) is 173 Å². The summed E-state index contributed by atoms with van der Waals surface area (Å²) in [6.07, 6.45) is 85.1. The third-order valence-corrected chi connectivity index (χ3v) is 19.9. The lowest BCUT2D eigenvalue weighted by atomic mass is 10.0. The van der Waals surface area contributed by atoms with Crippen molar-refractivity contribution in [1.82, 2.24) is 0 Å². The van der Waals surface area contributed by atoms with Crippen molar-refractivity contribution in [3.05, 3.63) is 97.2 Å². The molecule has 0 aromatic carbocycles. The number of hydrogen-bond acceptors (Lipinski definition) is 15. The van der Waals surface area contributed by atoms with E-state index in [2.05, 4.69) is 125 Å². The Kier molecular flexibility index (Phi) is 76.1. The van der Waals surface area contributed by atoms with Crippen LogP contribution in [0.25, 0.3) is 0 Å². The van der Waals surface area contributed by atoms with E-state index in [-0.39, 0.29) is 25.7 Å². The van der Waals surface area contributed by atoms with Gasteiger partial charge in [0, 0.05) is 25.7 Å². The van der Waals surface area contributed by atoms with Crippen molar-refractivity contribution in [3.63, 3.8) is 0 Å². The van der Waals surface area contributed by atoms with Gasteiger partial charge in [-0.3, -0.25) is 37.3 Å². The molecule has 0 saturated carbocycles. The molecule has 106 heavy (non-hydrogen) atoms. The van der Waals surface area contributed by atoms with Crippen LogP contribution < -0.4 is 0 Å². The van der Waals surface area contributed by atoms with Gasteiger partial charge in [0.05, 0.1) is 26.4 Å². The number of aliphatic hydroxyl groups excluding tert-OH is 1. The predicted octanol–water partition coefficient (Wildman–Crippen LogP) is 25.1. The Hall–Kier alpha value is -4.02. The fraction of sp³-hybridized carbons (Fsp3) is 0.770. The summed E-state index contributed by atoms with van der Waals surface area (Å²) in [4.78, 5) is 73.2. The Morgan fingerprint density at radius 2 is 0.491 bits per heavy atom. The molecule has 0 aliphatic carbocycles. The molecule has 0 aliphatic heterocycles. The highest BCUT2D eigenvalue weighted by molar-refractivity contribution is 7.47. The van der Waals surface area contributed by atoms with Gasteiger partial charge < -0.3 is 33.8 Å². The zero-order valence-electron chi connectivity index (χ0n) is 67.3. The van der Waals surface area contributed by atoms with E-state index >= 15 is 0 Å². The molecule has 3 N–H and O–H groups in total. The zero-order valence-corrected chi connectivity index (χ0v) is 69.1. The second-order valence-electron chi connectivity index (χ2n) is 28.4. The number of carbonyl (C=O) groups excluding carboxylic acids is 4. The normalized spacial score (nSPS) is 14.3. The van der Waals surface area contributed by atoms with Gasteiger partial charge in [-0.05, 0) is 128 Å². The van der Waals surface area contributed by atoms with Crippen molar-refractivity contribution in [2.75, 3.05) is 39.6 Å². The van der Waals surface area contributed by atoms with E-state index in [9.17, 15) is 43.2 Å². The summed E-state index contributed by atoms with van der Waals surface area (Å²) in [5.74, 6) is -2.20. The van der Waals surface area contributed by atoms with E-state index in [1.165, 1.54) is 122 Å². The number of phosphoric acid groups is 2. The van der Waals surface area contributed by atoms with Crippen molar-refractivity contribution >= 4 is 39.5 Å². The summed E-state index contributed by atoms with van der Waals surface area (Å²) in [5, 5.41) is 10.7. The summed E-state index contributed by atoms with van der Waals surface area (Å²) >= 11 is 0. The lowest BCUT2D eigenvalue weighted by molar-refractivity contribution is -0.161. The number of unbranched alkanes of at least 4 members (excludes halogenated alkanes) is 38. The molecule has 19 heteroatoms. The maximum Gasteiger partial charge on any atom is 0.472 e. The van der Waals surface area contributed by atoms with E-state index in [0.29, 0.717) is 25.7 Å². The van der Waals surface area contributed by atoms with Crippen LogP contribution in [0.5, 0.6) is 0 Å². The summed E-state index contributed by atoms with van der Waals surface area (Å²) in [5.41, 5.74) is 0. The molecule has 0 aromatic rings. The number of esters is 4. The molecule has 0 amide bonds. The highest BCUT2D eigenvalue weighted by Gasteiger charge is 2.30. The molecule has 614 valence electrons. The van der Waals surface area contributed by atoms with Crippen molar-refractivity contribution in [2.45, 2.75) is 393 Å². The van der Waals surface area contributed by atoms with Crippen molar-refractivity contribution in [3.8, 4) is 0 Å². The number of ether oxygens (including phenoxy) is 4. The SMILES string of the molecule is CC/C=C\C/C=C\C/C=C\C/C=C\CCCCCCC(=O)OCC(COP(=O)(O)OCC(O)COP(=O)(O)OCC(COC(=O)CCCCCCCC/C=C\C/C=C\C/C=C\CCCCC)OC(=O)CCCCCCCCCCCCCCCCC)OC(=O)CCCCCCC/C=C\CCCCCCCC. The largest absolute Gasteiger partial charge is 0.472 e. The van der Waals surface area contributed by atoms with Gasteiger partial charge in [0.15, 0.2) is 12.2 Å². The molecule has 0 bridgehead atoms. The van der Waals surface area contributed by atoms with Gasteiger partial charge in [0.25, 0.3) is 0 Å². The lowest BCUT2D eigenvalue weighted by Gasteiger charge is -2.21. The van der Waals surface area contributed by atoms with Crippen LogP contribution in [0.4, 0.5) is 0 Å². The molecule has 0 fully saturated rings. The minimum absolute atomic E-state index is 0.0802. The second-order valence-corrected chi connectivity index (χ2v) is 31.3. The number of phosphoric ester groups is 2. The molecule has 0 heterocycles. The Balaban J connectivity index is 5.37. The lowest BCUT2D eigenvalue weighted by Crippen LogP contribution is -2.30. The monoisotopic (exact) mass is 1530 g/mol. The fourth-order valence-electron chi connectivity index (χ4n) is 11.6. The Morgan fingerprint density at radius 1 is 0.274 bits per heavy atom. The van der Waals surface area contributed by atoms with Crippen LogP contribution in [0.15, 0.2) is 97.2 Å². The molecule has 0 rings (SSSR count). The van der Waals surface area contributed by atoms with Crippen LogP contribution in [0.1, 0.15) is 374 Å². The highest BCUT2D eigenvalue weighted by atomic mass is 31.2. The van der Waals surface area contributed by atoms with Gasteiger partial charge in [-0.25, -0.2) is 9.13 Å². The number of hydrogen-bond donors (Lipinski definition) is 3. The molecule has 17 nitrogen and oxygen atoms in total. The average molecular weight is 1530 g/mol. The number of allylic oxidation sites excluding steroid dienone is 16. The smallest absolute Gasteiger partial charge is 0.462 e. The minimum atomic E-state index is -4.99.